The summed E-state index contributed by atoms with van der Waals surface area (Å²) >= 11 is 0. The number of aliphatic hydroxyl groups excluding tert-OH is 1. The summed E-state index contributed by atoms with van der Waals surface area (Å²) in [5.74, 6) is 0. The van der Waals surface area contributed by atoms with Crippen LogP contribution in [-0.4, -0.2) is 37.4 Å². The van der Waals surface area contributed by atoms with Gasteiger partial charge >= 0.3 is 0 Å². The first kappa shape index (κ1) is 11.8. The molecule has 0 aliphatic heterocycles. The number of aliphatic hydroxyl groups is 1. The Morgan fingerprint density at radius 1 is 1.17 bits per heavy atom. The lowest BCUT2D eigenvalue weighted by molar-refractivity contribution is 0.160. The molecule has 6 N–H and O–H groups in total. The summed E-state index contributed by atoms with van der Waals surface area (Å²) < 4.78 is 0. The maximum absolute atomic E-state index is 9.33. The minimum absolute atomic E-state index is 0.258. The highest BCUT2D eigenvalue weighted by Gasteiger charge is 2.01. The second-order valence-corrected chi connectivity index (χ2v) is 2.93. The molecule has 0 rings (SSSR count). The molecule has 0 aliphatic carbocycles. The quantitative estimate of drug-likeness (QED) is 0.357. The Balaban J connectivity index is 3.02. The zero-order valence-electron chi connectivity index (χ0n) is 7.63. The van der Waals surface area contributed by atoms with Crippen molar-refractivity contribution in [1.82, 2.24) is 5.32 Å². The maximum Gasteiger partial charge on any atom is 0.0665 e. The largest absolute Gasteiger partial charge is 0.392 e. The van der Waals surface area contributed by atoms with E-state index in [0.717, 1.165) is 25.8 Å². The zero-order valence-corrected chi connectivity index (χ0v) is 7.63. The molecule has 4 nitrogen and oxygen atoms in total. The lowest BCUT2D eigenvalue weighted by Gasteiger charge is -2.10. The van der Waals surface area contributed by atoms with Crippen LogP contribution in [0.15, 0.2) is 0 Å². The van der Waals surface area contributed by atoms with Gasteiger partial charge in [0.25, 0.3) is 0 Å². The van der Waals surface area contributed by atoms with Crippen molar-refractivity contribution in [2.24, 2.45) is 11.5 Å². The van der Waals surface area contributed by atoms with Crippen LogP contribution in [-0.2, 0) is 0 Å². The van der Waals surface area contributed by atoms with E-state index in [4.69, 9.17) is 11.5 Å². The smallest absolute Gasteiger partial charge is 0.0665 e. The van der Waals surface area contributed by atoms with E-state index in [9.17, 15) is 5.11 Å². The summed E-state index contributed by atoms with van der Waals surface area (Å²) in [5, 5.41) is 12.5. The van der Waals surface area contributed by atoms with E-state index in [-0.39, 0.29) is 6.10 Å². The highest BCUT2D eigenvalue weighted by molar-refractivity contribution is 4.59. The molecule has 0 bridgehead atoms. The van der Waals surface area contributed by atoms with Gasteiger partial charge in [-0.15, -0.1) is 0 Å². The Labute approximate surface area is 74.3 Å². The van der Waals surface area contributed by atoms with Crippen molar-refractivity contribution in [3.05, 3.63) is 0 Å². The van der Waals surface area contributed by atoms with Crippen LogP contribution in [0.2, 0.25) is 0 Å². The molecule has 0 heterocycles. The van der Waals surface area contributed by atoms with Gasteiger partial charge in [-0.05, 0) is 38.9 Å². The van der Waals surface area contributed by atoms with Gasteiger partial charge < -0.3 is 21.9 Å². The van der Waals surface area contributed by atoms with Crippen molar-refractivity contribution < 1.29 is 5.11 Å². The second kappa shape index (κ2) is 8.93. The molecule has 0 aromatic carbocycles. The van der Waals surface area contributed by atoms with Gasteiger partial charge in [-0.2, -0.15) is 0 Å². The number of hydrogen-bond acceptors (Lipinski definition) is 4. The molecular weight excluding hydrogens is 154 g/mol. The SMILES string of the molecule is NCCCNCC(O)CCCN. The van der Waals surface area contributed by atoms with Gasteiger partial charge in [0.1, 0.15) is 0 Å². The monoisotopic (exact) mass is 175 g/mol. The van der Waals surface area contributed by atoms with Crippen molar-refractivity contribution in [3.8, 4) is 0 Å². The van der Waals surface area contributed by atoms with Crippen molar-refractivity contribution in [3.63, 3.8) is 0 Å². The third-order valence-electron chi connectivity index (χ3n) is 1.68. The average Bonchev–Trinajstić information content (AvgIpc) is 2.09. The lowest BCUT2D eigenvalue weighted by Crippen LogP contribution is -2.28. The molecule has 0 saturated heterocycles. The highest BCUT2D eigenvalue weighted by Crippen LogP contribution is 1.93. The number of rotatable bonds is 8. The Morgan fingerprint density at radius 2 is 1.83 bits per heavy atom. The van der Waals surface area contributed by atoms with Gasteiger partial charge in [-0.25, -0.2) is 0 Å². The molecule has 0 saturated carbocycles. The third-order valence-corrected chi connectivity index (χ3v) is 1.68. The van der Waals surface area contributed by atoms with Crippen LogP contribution < -0.4 is 16.8 Å². The first-order valence-electron chi connectivity index (χ1n) is 4.60. The standard InChI is InChI=1S/C8H21N3O/c9-4-1-3-8(12)7-11-6-2-5-10/h8,11-12H,1-7,9-10H2. The Bertz CT molecular complexity index is 90.4. The summed E-state index contributed by atoms with van der Waals surface area (Å²) in [6, 6.07) is 0. The predicted molar refractivity (Wildman–Crippen MR) is 50.8 cm³/mol. The minimum atomic E-state index is -0.258. The first-order chi connectivity index (χ1) is 5.81. The fourth-order valence-corrected chi connectivity index (χ4v) is 0.951. The summed E-state index contributed by atoms with van der Waals surface area (Å²) in [4.78, 5) is 0. The fraction of sp³-hybridized carbons (Fsp3) is 1.00. The van der Waals surface area contributed by atoms with Crippen LogP contribution in [0.25, 0.3) is 0 Å². The van der Waals surface area contributed by atoms with Crippen molar-refractivity contribution >= 4 is 0 Å². The van der Waals surface area contributed by atoms with Gasteiger partial charge in [0.2, 0.25) is 0 Å². The zero-order chi connectivity index (χ0) is 9.23. The van der Waals surface area contributed by atoms with E-state index in [0.29, 0.717) is 19.6 Å². The van der Waals surface area contributed by atoms with E-state index >= 15 is 0 Å². The van der Waals surface area contributed by atoms with E-state index in [2.05, 4.69) is 5.32 Å². The third kappa shape index (κ3) is 7.94. The Hall–Kier alpha value is -0.160. The Kier molecular flexibility index (Phi) is 8.81. The molecule has 1 atom stereocenters. The molecule has 0 amide bonds. The minimum Gasteiger partial charge on any atom is -0.392 e. The fourth-order valence-electron chi connectivity index (χ4n) is 0.951. The van der Waals surface area contributed by atoms with Crippen LogP contribution in [0.1, 0.15) is 19.3 Å². The summed E-state index contributed by atoms with van der Waals surface area (Å²) in [6.07, 6.45) is 2.38. The second-order valence-electron chi connectivity index (χ2n) is 2.93. The van der Waals surface area contributed by atoms with Gasteiger partial charge in [-0.3, -0.25) is 0 Å². The first-order valence-corrected chi connectivity index (χ1v) is 4.60. The molecule has 0 spiro atoms. The topological polar surface area (TPSA) is 84.3 Å². The average molecular weight is 175 g/mol. The van der Waals surface area contributed by atoms with E-state index in [1.807, 2.05) is 0 Å². The maximum atomic E-state index is 9.33. The summed E-state index contributed by atoms with van der Waals surface area (Å²) in [7, 11) is 0. The lowest BCUT2D eigenvalue weighted by atomic mass is 10.2. The van der Waals surface area contributed by atoms with Crippen molar-refractivity contribution in [1.29, 1.82) is 0 Å². The summed E-state index contributed by atoms with van der Waals surface area (Å²) in [6.45, 7) is 2.89. The molecule has 0 fully saturated rings. The molecule has 0 aromatic heterocycles. The number of nitrogens with one attached hydrogen (secondary N) is 1. The summed E-state index contributed by atoms with van der Waals surface area (Å²) in [5.41, 5.74) is 10.6. The molecule has 0 aromatic rings. The van der Waals surface area contributed by atoms with Crippen LogP contribution in [0.4, 0.5) is 0 Å². The molecule has 0 aliphatic rings. The van der Waals surface area contributed by atoms with Crippen LogP contribution >= 0.6 is 0 Å². The van der Waals surface area contributed by atoms with E-state index in [1.54, 1.807) is 0 Å². The van der Waals surface area contributed by atoms with Crippen LogP contribution in [0.3, 0.4) is 0 Å². The molecule has 1 unspecified atom stereocenters. The van der Waals surface area contributed by atoms with Crippen molar-refractivity contribution in [2.45, 2.75) is 25.4 Å². The number of hydrogen-bond donors (Lipinski definition) is 4. The highest BCUT2D eigenvalue weighted by atomic mass is 16.3. The molecular formula is C8H21N3O. The molecule has 12 heavy (non-hydrogen) atoms. The predicted octanol–water partition coefficient (Wildman–Crippen LogP) is -0.975. The van der Waals surface area contributed by atoms with Gasteiger partial charge in [0.05, 0.1) is 6.10 Å². The van der Waals surface area contributed by atoms with Crippen LogP contribution in [0, 0.1) is 0 Å². The molecule has 0 radical (unpaired) electrons. The molecule has 74 valence electrons. The number of nitrogens with two attached hydrogens (primary N) is 2. The van der Waals surface area contributed by atoms with Crippen LogP contribution in [0.5, 0.6) is 0 Å². The Morgan fingerprint density at radius 3 is 2.42 bits per heavy atom. The van der Waals surface area contributed by atoms with Gasteiger partial charge in [0.15, 0.2) is 0 Å². The van der Waals surface area contributed by atoms with Crippen molar-refractivity contribution in [2.75, 3.05) is 26.2 Å². The van der Waals surface area contributed by atoms with Gasteiger partial charge in [-0.1, -0.05) is 0 Å². The van der Waals surface area contributed by atoms with E-state index in [1.165, 1.54) is 0 Å². The molecule has 4 heteroatoms. The van der Waals surface area contributed by atoms with E-state index < -0.39 is 0 Å². The van der Waals surface area contributed by atoms with Gasteiger partial charge in [0, 0.05) is 6.54 Å². The normalized spacial score (nSPS) is 13.2.